The maximum absolute atomic E-state index is 12.9. The molecule has 1 aromatic rings. The van der Waals surface area contributed by atoms with Gasteiger partial charge in [-0.1, -0.05) is 18.7 Å². The van der Waals surface area contributed by atoms with Crippen molar-refractivity contribution in [2.75, 3.05) is 31.1 Å². The summed E-state index contributed by atoms with van der Waals surface area (Å²) in [6, 6.07) is -0.439. The average molecular weight is 462 g/mol. The second-order valence-electron chi connectivity index (χ2n) is 7.28. The predicted octanol–water partition coefficient (Wildman–Crippen LogP) is 3.16. The fourth-order valence-electron chi connectivity index (χ4n) is 2.74. The number of carbonyl (C=O) groups is 1. The number of alkyl halides is 3. The van der Waals surface area contributed by atoms with Gasteiger partial charge in [-0.15, -0.1) is 10.2 Å². The van der Waals surface area contributed by atoms with Crippen LogP contribution in [0.15, 0.2) is 34.8 Å². The molecule has 0 atom stereocenters. The molecule has 8 nitrogen and oxygen atoms in total. The number of rotatable bonds is 6. The first kappa shape index (κ1) is 24.6. The SMILES string of the molecule is C=C(/C=C\C(=C/C)CN(C(=O)N1CCS(=O)(=O)CC1)C(C)C)c1nnc(C(F)(F)F)o1. The minimum absolute atomic E-state index is 0.0645. The molecule has 12 heteroatoms. The van der Waals surface area contributed by atoms with Crippen molar-refractivity contribution in [3.05, 3.63) is 42.2 Å². The van der Waals surface area contributed by atoms with Crippen molar-refractivity contribution in [2.45, 2.75) is 33.0 Å². The van der Waals surface area contributed by atoms with Crippen LogP contribution in [0.4, 0.5) is 18.0 Å². The van der Waals surface area contributed by atoms with Gasteiger partial charge in [0, 0.05) is 31.2 Å². The van der Waals surface area contributed by atoms with Crippen molar-refractivity contribution < 1.29 is 30.8 Å². The minimum Gasteiger partial charge on any atom is -0.413 e. The van der Waals surface area contributed by atoms with Crippen molar-refractivity contribution in [3.63, 3.8) is 0 Å². The van der Waals surface area contributed by atoms with Crippen LogP contribution in [0.25, 0.3) is 5.57 Å². The number of amides is 2. The Bertz CT molecular complexity index is 967. The van der Waals surface area contributed by atoms with Gasteiger partial charge in [-0.05, 0) is 32.4 Å². The van der Waals surface area contributed by atoms with Gasteiger partial charge in [-0.2, -0.15) is 13.2 Å². The van der Waals surface area contributed by atoms with Gasteiger partial charge in [0.1, 0.15) is 0 Å². The molecule has 1 saturated heterocycles. The Kier molecular flexibility index (Phi) is 7.68. The normalized spacial score (nSPS) is 17.4. The smallest absolute Gasteiger partial charge is 0.413 e. The highest BCUT2D eigenvalue weighted by Gasteiger charge is 2.38. The van der Waals surface area contributed by atoms with Crippen LogP contribution in [0.1, 0.15) is 32.6 Å². The number of hydrogen-bond acceptors (Lipinski definition) is 6. The fourth-order valence-corrected chi connectivity index (χ4v) is 3.94. The first-order chi connectivity index (χ1) is 14.3. The number of hydrogen-bond donors (Lipinski definition) is 0. The molecule has 172 valence electrons. The third kappa shape index (κ3) is 6.68. The Hall–Kier alpha value is -2.63. The highest BCUT2D eigenvalue weighted by Crippen LogP contribution is 2.29. The van der Waals surface area contributed by atoms with E-state index in [0.717, 1.165) is 0 Å². The standard InChI is InChI=1S/C19H25F3N4O4S/c1-5-15(7-6-14(4)16-23-24-17(30-16)19(20,21)22)12-26(13(2)3)18(27)25-8-10-31(28,29)11-9-25/h5-7,13H,4,8-12H2,1-3H3/b7-6-,15-5+. The molecule has 31 heavy (non-hydrogen) atoms. The number of urea groups is 1. The number of allylic oxidation sites excluding steroid dienone is 3. The van der Waals surface area contributed by atoms with Crippen LogP contribution in [0.2, 0.25) is 0 Å². The van der Waals surface area contributed by atoms with Crippen LogP contribution in [0.5, 0.6) is 0 Å². The molecule has 0 radical (unpaired) electrons. The van der Waals surface area contributed by atoms with E-state index in [1.165, 1.54) is 11.0 Å². The molecule has 1 fully saturated rings. The zero-order chi connectivity index (χ0) is 23.4. The lowest BCUT2D eigenvalue weighted by Gasteiger charge is -2.35. The summed E-state index contributed by atoms with van der Waals surface area (Å²) in [5.41, 5.74) is 0.786. The summed E-state index contributed by atoms with van der Waals surface area (Å²) >= 11 is 0. The number of nitrogens with zero attached hydrogens (tertiary/aromatic N) is 4. The summed E-state index contributed by atoms with van der Waals surface area (Å²) in [6.45, 7) is 9.57. The van der Waals surface area contributed by atoms with Crippen molar-refractivity contribution in [2.24, 2.45) is 0 Å². The molecule has 0 aromatic carbocycles. The Labute approximate surface area is 179 Å². The van der Waals surface area contributed by atoms with Crippen LogP contribution < -0.4 is 0 Å². The Balaban J connectivity index is 2.07. The lowest BCUT2D eigenvalue weighted by Crippen LogP contribution is -2.52. The van der Waals surface area contributed by atoms with E-state index in [9.17, 15) is 26.4 Å². The zero-order valence-electron chi connectivity index (χ0n) is 17.5. The summed E-state index contributed by atoms with van der Waals surface area (Å²) in [5, 5.41) is 6.31. The quantitative estimate of drug-likeness (QED) is 0.603. The maximum Gasteiger partial charge on any atom is 0.470 e. The van der Waals surface area contributed by atoms with Gasteiger partial charge in [0.25, 0.3) is 0 Å². The number of aromatic nitrogens is 2. The van der Waals surface area contributed by atoms with Gasteiger partial charge >= 0.3 is 18.1 Å². The predicted molar refractivity (Wildman–Crippen MR) is 109 cm³/mol. The van der Waals surface area contributed by atoms with E-state index in [-0.39, 0.29) is 54.7 Å². The van der Waals surface area contributed by atoms with Gasteiger partial charge in [-0.3, -0.25) is 0 Å². The third-order valence-corrected chi connectivity index (χ3v) is 6.26. The Morgan fingerprint density at radius 3 is 2.35 bits per heavy atom. The first-order valence-corrected chi connectivity index (χ1v) is 11.4. The second-order valence-corrected chi connectivity index (χ2v) is 9.58. The Morgan fingerprint density at radius 2 is 1.87 bits per heavy atom. The van der Waals surface area contributed by atoms with Gasteiger partial charge in [0.2, 0.25) is 5.89 Å². The monoisotopic (exact) mass is 462 g/mol. The summed E-state index contributed by atoms with van der Waals surface area (Å²) in [6.07, 6.45) is 0.0419. The van der Waals surface area contributed by atoms with Gasteiger partial charge < -0.3 is 14.2 Å². The van der Waals surface area contributed by atoms with Gasteiger partial charge in [0.05, 0.1) is 11.5 Å². The number of carbonyl (C=O) groups excluding carboxylic acids is 1. The summed E-state index contributed by atoms with van der Waals surface area (Å²) in [5.74, 6) is -1.94. The zero-order valence-corrected chi connectivity index (χ0v) is 18.3. The molecule has 2 heterocycles. The van der Waals surface area contributed by atoms with Crippen molar-refractivity contribution in [3.8, 4) is 0 Å². The molecule has 1 aliphatic rings. The molecule has 1 aliphatic heterocycles. The van der Waals surface area contributed by atoms with E-state index in [0.29, 0.717) is 5.57 Å². The van der Waals surface area contributed by atoms with E-state index < -0.39 is 21.9 Å². The fraction of sp³-hybridized carbons (Fsp3) is 0.526. The number of halogens is 3. The molecule has 0 bridgehead atoms. The molecule has 0 saturated carbocycles. The van der Waals surface area contributed by atoms with E-state index in [4.69, 9.17) is 0 Å². The van der Waals surface area contributed by atoms with E-state index >= 15 is 0 Å². The molecule has 2 amide bonds. The molecule has 0 spiro atoms. The Morgan fingerprint density at radius 1 is 1.26 bits per heavy atom. The van der Waals surface area contributed by atoms with Crippen LogP contribution in [-0.4, -0.2) is 71.6 Å². The largest absolute Gasteiger partial charge is 0.470 e. The highest BCUT2D eigenvalue weighted by molar-refractivity contribution is 7.91. The van der Waals surface area contributed by atoms with E-state index in [1.54, 1.807) is 24.0 Å². The lowest BCUT2D eigenvalue weighted by atomic mass is 10.1. The highest BCUT2D eigenvalue weighted by atomic mass is 32.2. The van der Waals surface area contributed by atoms with E-state index in [1.807, 2.05) is 13.8 Å². The van der Waals surface area contributed by atoms with Crippen molar-refractivity contribution >= 4 is 21.4 Å². The van der Waals surface area contributed by atoms with Gasteiger partial charge in [-0.25, -0.2) is 13.2 Å². The van der Waals surface area contributed by atoms with Crippen LogP contribution in [-0.2, 0) is 16.0 Å². The molecule has 0 aliphatic carbocycles. The maximum atomic E-state index is 12.9. The molecule has 1 aromatic heterocycles. The van der Waals surface area contributed by atoms with Crippen LogP contribution in [0.3, 0.4) is 0 Å². The summed E-state index contributed by atoms with van der Waals surface area (Å²) in [7, 11) is -3.11. The third-order valence-electron chi connectivity index (χ3n) is 4.65. The molecular weight excluding hydrogens is 437 g/mol. The molecule has 0 unspecified atom stereocenters. The van der Waals surface area contributed by atoms with Crippen molar-refractivity contribution in [1.29, 1.82) is 0 Å². The second kappa shape index (κ2) is 9.67. The summed E-state index contributed by atoms with van der Waals surface area (Å²) in [4.78, 5) is 16.0. The number of sulfone groups is 1. The summed E-state index contributed by atoms with van der Waals surface area (Å²) < 4.78 is 65.6. The molecule has 0 N–H and O–H groups in total. The molecular formula is C19H25F3N4O4S. The van der Waals surface area contributed by atoms with Crippen molar-refractivity contribution in [1.82, 2.24) is 20.0 Å². The average Bonchev–Trinajstić information content (AvgIpc) is 3.18. The van der Waals surface area contributed by atoms with Crippen LogP contribution >= 0.6 is 0 Å². The van der Waals surface area contributed by atoms with Gasteiger partial charge in [0.15, 0.2) is 9.84 Å². The van der Waals surface area contributed by atoms with E-state index in [2.05, 4.69) is 21.2 Å². The van der Waals surface area contributed by atoms with Crippen LogP contribution in [0, 0.1) is 0 Å². The lowest BCUT2D eigenvalue weighted by molar-refractivity contribution is -0.157. The first-order valence-electron chi connectivity index (χ1n) is 9.53. The topological polar surface area (TPSA) is 96.6 Å². The minimum atomic E-state index is -4.74. The molecule has 2 rings (SSSR count).